The highest BCUT2D eigenvalue weighted by atomic mass is 16.1. The number of hydrogen-bond acceptors (Lipinski definition) is 5. The normalized spacial score (nSPS) is 11.7. The molecule has 3 aromatic rings. The number of hydrogen-bond donors (Lipinski definition) is 2. The third-order valence-electron chi connectivity index (χ3n) is 3.79. The van der Waals surface area contributed by atoms with Crippen molar-refractivity contribution < 1.29 is 4.79 Å². The Labute approximate surface area is 139 Å². The van der Waals surface area contributed by atoms with Crippen LogP contribution < -0.4 is 11.1 Å². The molecule has 0 aliphatic heterocycles. The van der Waals surface area contributed by atoms with Crippen molar-refractivity contribution in [2.24, 2.45) is 0 Å². The van der Waals surface area contributed by atoms with Crippen LogP contribution in [0.15, 0.2) is 48.3 Å². The van der Waals surface area contributed by atoms with E-state index in [1.54, 1.807) is 17.7 Å². The number of nitrogen functional groups attached to an aromatic ring is 1. The molecule has 0 saturated heterocycles. The summed E-state index contributed by atoms with van der Waals surface area (Å²) in [6.07, 6.45) is 3.15. The van der Waals surface area contributed by atoms with Crippen molar-refractivity contribution in [3.8, 4) is 11.3 Å². The lowest BCUT2D eigenvalue weighted by Gasteiger charge is -2.06. The number of carbonyl (C=O) groups excluding carboxylic acids is 1. The molecule has 0 aliphatic carbocycles. The molecular formula is C17H18N6O. The lowest BCUT2D eigenvalue weighted by atomic mass is 10.1. The van der Waals surface area contributed by atoms with Crippen molar-refractivity contribution in [3.63, 3.8) is 0 Å². The van der Waals surface area contributed by atoms with Gasteiger partial charge in [-0.2, -0.15) is 5.10 Å². The van der Waals surface area contributed by atoms with Crippen LogP contribution in [0.2, 0.25) is 0 Å². The largest absolute Gasteiger partial charge is 0.383 e. The maximum absolute atomic E-state index is 11.9. The smallest absolute Gasteiger partial charge is 0.248 e. The number of allylic oxidation sites excluding steroid dienone is 1. The van der Waals surface area contributed by atoms with Gasteiger partial charge in [0.1, 0.15) is 24.5 Å². The van der Waals surface area contributed by atoms with E-state index in [9.17, 15) is 4.79 Å². The Morgan fingerprint density at radius 3 is 2.75 bits per heavy atom. The summed E-state index contributed by atoms with van der Waals surface area (Å²) in [5.74, 6) is 0.213. The molecule has 0 unspecified atom stereocenters. The molecule has 1 amide bonds. The van der Waals surface area contributed by atoms with Crippen LogP contribution in [-0.4, -0.2) is 25.7 Å². The highest BCUT2D eigenvalue weighted by molar-refractivity contribution is 5.98. The number of benzene rings is 1. The molecule has 7 heteroatoms. The molecular weight excluding hydrogens is 304 g/mol. The van der Waals surface area contributed by atoms with Gasteiger partial charge in [0, 0.05) is 11.1 Å². The summed E-state index contributed by atoms with van der Waals surface area (Å²) in [6, 6.07) is 9.68. The molecule has 1 aromatic carbocycles. The predicted molar refractivity (Wildman–Crippen MR) is 92.7 cm³/mol. The van der Waals surface area contributed by atoms with Crippen molar-refractivity contribution >= 4 is 22.8 Å². The molecule has 3 rings (SSSR count). The zero-order chi connectivity index (χ0) is 17.1. The number of nitrogens with zero attached hydrogens (tertiary/aromatic N) is 4. The standard InChI is InChI=1S/C17H18N6O/c1-3-11(2)17(24)21-10-23-16-13(15(18)19-9-20-16)14(22-23)12-7-5-4-6-8-12/h3-9H,10H2,1-2H3,(H,21,24)(H2,18,19,20)/b11-3+. The number of aromatic nitrogens is 4. The molecule has 7 nitrogen and oxygen atoms in total. The van der Waals surface area contributed by atoms with Gasteiger partial charge in [0.25, 0.3) is 0 Å². The first-order valence-corrected chi connectivity index (χ1v) is 7.55. The quantitative estimate of drug-likeness (QED) is 0.717. The first-order chi connectivity index (χ1) is 11.6. The molecule has 24 heavy (non-hydrogen) atoms. The predicted octanol–water partition coefficient (Wildman–Crippen LogP) is 2.12. The summed E-state index contributed by atoms with van der Waals surface area (Å²) < 4.78 is 1.62. The lowest BCUT2D eigenvalue weighted by Crippen LogP contribution is -2.27. The average molecular weight is 322 g/mol. The Morgan fingerprint density at radius 2 is 2.04 bits per heavy atom. The molecule has 0 saturated carbocycles. The Balaban J connectivity index is 2.04. The van der Waals surface area contributed by atoms with E-state index in [2.05, 4.69) is 20.4 Å². The molecule has 2 aromatic heterocycles. The molecule has 0 aliphatic rings. The number of nitrogens with two attached hydrogens (primary N) is 1. The maximum Gasteiger partial charge on any atom is 0.248 e. The fourth-order valence-electron chi connectivity index (χ4n) is 2.36. The minimum Gasteiger partial charge on any atom is -0.383 e. The summed E-state index contributed by atoms with van der Waals surface area (Å²) in [7, 11) is 0. The third-order valence-corrected chi connectivity index (χ3v) is 3.79. The number of amides is 1. The van der Waals surface area contributed by atoms with Gasteiger partial charge in [-0.15, -0.1) is 0 Å². The topological polar surface area (TPSA) is 98.7 Å². The number of anilines is 1. The van der Waals surface area contributed by atoms with Crippen molar-refractivity contribution in [1.29, 1.82) is 0 Å². The van der Waals surface area contributed by atoms with E-state index in [4.69, 9.17) is 5.73 Å². The highest BCUT2D eigenvalue weighted by Gasteiger charge is 2.17. The monoisotopic (exact) mass is 322 g/mol. The fourth-order valence-corrected chi connectivity index (χ4v) is 2.36. The summed E-state index contributed by atoms with van der Waals surface area (Å²) in [4.78, 5) is 20.3. The van der Waals surface area contributed by atoms with Gasteiger partial charge in [-0.05, 0) is 13.8 Å². The van der Waals surface area contributed by atoms with Gasteiger partial charge in [0.2, 0.25) is 5.91 Å². The van der Waals surface area contributed by atoms with Crippen LogP contribution in [0.25, 0.3) is 22.3 Å². The van der Waals surface area contributed by atoms with Gasteiger partial charge in [-0.3, -0.25) is 4.79 Å². The van der Waals surface area contributed by atoms with E-state index >= 15 is 0 Å². The summed E-state index contributed by atoms with van der Waals surface area (Å²) in [5.41, 5.74) is 8.87. The third kappa shape index (κ3) is 2.83. The van der Waals surface area contributed by atoms with E-state index in [1.807, 2.05) is 37.3 Å². The molecule has 0 fully saturated rings. The summed E-state index contributed by atoms with van der Waals surface area (Å²) >= 11 is 0. The number of fused-ring (bicyclic) bond motifs is 1. The molecule has 0 spiro atoms. The first kappa shape index (κ1) is 15.7. The van der Waals surface area contributed by atoms with Crippen LogP contribution in [0.5, 0.6) is 0 Å². The Kier molecular flexibility index (Phi) is 4.24. The van der Waals surface area contributed by atoms with Crippen LogP contribution in [0, 0.1) is 0 Å². The van der Waals surface area contributed by atoms with E-state index < -0.39 is 0 Å². The molecule has 0 atom stereocenters. The van der Waals surface area contributed by atoms with Crippen molar-refractivity contribution in [1.82, 2.24) is 25.1 Å². The van der Waals surface area contributed by atoms with Gasteiger partial charge in [0.15, 0.2) is 5.65 Å². The minimum atomic E-state index is -0.149. The lowest BCUT2D eigenvalue weighted by molar-refractivity contribution is -0.118. The fraction of sp³-hybridized carbons (Fsp3) is 0.176. The molecule has 0 radical (unpaired) electrons. The van der Waals surface area contributed by atoms with Gasteiger partial charge >= 0.3 is 0 Å². The zero-order valence-corrected chi connectivity index (χ0v) is 13.5. The number of carbonyl (C=O) groups is 1. The molecule has 2 heterocycles. The Hall–Kier alpha value is -3.22. The number of rotatable bonds is 4. The van der Waals surface area contributed by atoms with Gasteiger partial charge < -0.3 is 11.1 Å². The highest BCUT2D eigenvalue weighted by Crippen LogP contribution is 2.29. The summed E-state index contributed by atoms with van der Waals surface area (Å²) in [5, 5.41) is 8.08. The van der Waals surface area contributed by atoms with E-state index in [-0.39, 0.29) is 12.6 Å². The second-order valence-corrected chi connectivity index (χ2v) is 5.31. The second-order valence-electron chi connectivity index (χ2n) is 5.31. The van der Waals surface area contributed by atoms with Crippen LogP contribution >= 0.6 is 0 Å². The van der Waals surface area contributed by atoms with Crippen LogP contribution in [0.4, 0.5) is 5.82 Å². The first-order valence-electron chi connectivity index (χ1n) is 7.55. The van der Waals surface area contributed by atoms with Crippen molar-refractivity contribution in [3.05, 3.63) is 48.3 Å². The maximum atomic E-state index is 11.9. The van der Waals surface area contributed by atoms with Crippen LogP contribution in [0.1, 0.15) is 13.8 Å². The van der Waals surface area contributed by atoms with E-state index in [0.29, 0.717) is 28.1 Å². The van der Waals surface area contributed by atoms with E-state index in [1.165, 1.54) is 6.33 Å². The minimum absolute atomic E-state index is 0.149. The van der Waals surface area contributed by atoms with Crippen LogP contribution in [-0.2, 0) is 11.5 Å². The molecule has 122 valence electrons. The second kappa shape index (κ2) is 6.49. The van der Waals surface area contributed by atoms with Gasteiger partial charge in [-0.1, -0.05) is 36.4 Å². The number of nitrogens with one attached hydrogen (secondary N) is 1. The zero-order valence-electron chi connectivity index (χ0n) is 13.5. The molecule has 0 bridgehead atoms. The SMILES string of the molecule is C/C=C(\C)C(=O)NCn1nc(-c2ccccc2)c2c(N)ncnc21. The Bertz CT molecular complexity index is 913. The van der Waals surface area contributed by atoms with Crippen molar-refractivity contribution in [2.45, 2.75) is 20.5 Å². The van der Waals surface area contributed by atoms with E-state index in [0.717, 1.165) is 5.56 Å². The van der Waals surface area contributed by atoms with Gasteiger partial charge in [0.05, 0.1) is 5.39 Å². The average Bonchev–Trinajstić information content (AvgIpc) is 3.00. The molecule has 3 N–H and O–H groups in total. The van der Waals surface area contributed by atoms with Gasteiger partial charge in [-0.25, -0.2) is 14.6 Å². The Morgan fingerprint density at radius 1 is 1.29 bits per heavy atom. The van der Waals surface area contributed by atoms with Crippen molar-refractivity contribution in [2.75, 3.05) is 5.73 Å². The van der Waals surface area contributed by atoms with Crippen LogP contribution in [0.3, 0.4) is 0 Å². The summed E-state index contributed by atoms with van der Waals surface area (Å²) in [6.45, 7) is 3.77.